The number of allylic oxidation sites excluding steroid dienone is 2. The topological polar surface area (TPSA) is 121 Å². The summed E-state index contributed by atoms with van der Waals surface area (Å²) in [4.78, 5) is 0. The number of fused-ring (bicyclic) bond motifs is 5. The zero-order valence-corrected chi connectivity index (χ0v) is 20.8. The first kappa shape index (κ1) is 25.6. The van der Waals surface area contributed by atoms with Crippen molar-refractivity contribution in [3.63, 3.8) is 0 Å². The molecule has 0 radical (unpaired) electrons. The molecule has 6 N–H and O–H groups in total. The van der Waals surface area contributed by atoms with Gasteiger partial charge in [-0.2, -0.15) is 0 Å². The summed E-state index contributed by atoms with van der Waals surface area (Å²) in [6.07, 6.45) is 5.61. The van der Waals surface area contributed by atoms with E-state index in [4.69, 9.17) is 0 Å². The van der Waals surface area contributed by atoms with Crippen LogP contribution in [0.3, 0.4) is 0 Å². The number of aliphatic hydroxyl groups is 6. The highest BCUT2D eigenvalue weighted by atomic mass is 16.3. The number of hydrogen-bond donors (Lipinski definition) is 6. The summed E-state index contributed by atoms with van der Waals surface area (Å²) in [5, 5.41) is 65.6. The second-order valence-electron chi connectivity index (χ2n) is 12.7. The van der Waals surface area contributed by atoms with Crippen LogP contribution in [0.25, 0.3) is 0 Å². The molecule has 4 rings (SSSR count). The maximum Gasteiger partial charge on any atom is 0.0863 e. The van der Waals surface area contributed by atoms with Crippen molar-refractivity contribution in [2.45, 2.75) is 103 Å². The van der Waals surface area contributed by atoms with Crippen molar-refractivity contribution in [3.8, 4) is 0 Å². The van der Waals surface area contributed by atoms with E-state index in [0.29, 0.717) is 12.8 Å². The molecule has 0 spiro atoms. The second kappa shape index (κ2) is 8.86. The van der Waals surface area contributed by atoms with Crippen molar-refractivity contribution in [1.29, 1.82) is 0 Å². The smallest absolute Gasteiger partial charge is 0.0863 e. The number of rotatable bonds is 5. The first-order valence-corrected chi connectivity index (χ1v) is 13.1. The lowest BCUT2D eigenvalue weighted by molar-refractivity contribution is -0.263. The van der Waals surface area contributed by atoms with Gasteiger partial charge in [-0.25, -0.2) is 0 Å². The Hall–Kier alpha value is -0.500. The van der Waals surface area contributed by atoms with E-state index in [-0.39, 0.29) is 48.0 Å². The summed E-state index contributed by atoms with van der Waals surface area (Å²) in [5.41, 5.74) is -1.99. The van der Waals surface area contributed by atoms with E-state index in [1.807, 2.05) is 6.92 Å². The quantitative estimate of drug-likeness (QED) is 0.346. The summed E-state index contributed by atoms with van der Waals surface area (Å²) in [7, 11) is 0. The molecule has 6 heteroatoms. The van der Waals surface area contributed by atoms with Crippen LogP contribution >= 0.6 is 0 Å². The summed E-state index contributed by atoms with van der Waals surface area (Å²) in [5.74, 6) is -0.628. The molecule has 13 atom stereocenters. The highest BCUT2D eigenvalue weighted by Gasteiger charge is 2.72. The molecule has 0 aromatic heterocycles. The molecule has 0 aromatic rings. The molecule has 4 aliphatic rings. The van der Waals surface area contributed by atoms with Crippen LogP contribution in [0.2, 0.25) is 0 Å². The third kappa shape index (κ3) is 3.84. The van der Waals surface area contributed by atoms with Crippen LogP contribution in [-0.4, -0.2) is 67.3 Å². The molecule has 0 aliphatic heterocycles. The van der Waals surface area contributed by atoms with E-state index >= 15 is 0 Å². The fourth-order valence-corrected chi connectivity index (χ4v) is 9.16. The monoisotopic (exact) mass is 466 g/mol. The van der Waals surface area contributed by atoms with Gasteiger partial charge in [0.1, 0.15) is 0 Å². The Labute approximate surface area is 198 Å². The number of hydrogen-bond acceptors (Lipinski definition) is 6. The molecule has 4 saturated carbocycles. The van der Waals surface area contributed by atoms with Crippen LogP contribution in [0.1, 0.15) is 72.6 Å². The fraction of sp³-hybridized carbons (Fsp3) is 0.926. The zero-order valence-electron chi connectivity index (χ0n) is 20.8. The molecule has 4 aliphatic carbocycles. The van der Waals surface area contributed by atoms with Gasteiger partial charge in [-0.05, 0) is 78.9 Å². The third-order valence-corrected chi connectivity index (χ3v) is 10.7. The molecule has 0 bridgehead atoms. The Morgan fingerprint density at radius 1 is 0.970 bits per heavy atom. The summed E-state index contributed by atoms with van der Waals surface area (Å²) in [6, 6.07) is 0. The average Bonchev–Trinajstić information content (AvgIpc) is 2.95. The Bertz CT molecular complexity index is 742. The largest absolute Gasteiger partial charge is 0.396 e. The Morgan fingerprint density at radius 2 is 1.64 bits per heavy atom. The van der Waals surface area contributed by atoms with E-state index in [1.165, 1.54) is 0 Å². The minimum Gasteiger partial charge on any atom is -0.396 e. The molecule has 6 nitrogen and oxygen atoms in total. The molecule has 190 valence electrons. The lowest BCUT2D eigenvalue weighted by Gasteiger charge is -2.65. The van der Waals surface area contributed by atoms with Crippen LogP contribution in [0.5, 0.6) is 0 Å². The Morgan fingerprint density at radius 3 is 2.30 bits per heavy atom. The van der Waals surface area contributed by atoms with Gasteiger partial charge in [0.15, 0.2) is 0 Å². The van der Waals surface area contributed by atoms with Crippen molar-refractivity contribution in [2.24, 2.45) is 46.3 Å². The van der Waals surface area contributed by atoms with Gasteiger partial charge in [0.05, 0.1) is 30.0 Å². The van der Waals surface area contributed by atoms with Gasteiger partial charge in [0.25, 0.3) is 0 Å². The van der Waals surface area contributed by atoms with Crippen molar-refractivity contribution in [2.75, 3.05) is 6.61 Å². The van der Waals surface area contributed by atoms with Crippen LogP contribution in [0, 0.1) is 46.3 Å². The van der Waals surface area contributed by atoms with Crippen LogP contribution < -0.4 is 0 Å². The van der Waals surface area contributed by atoms with Crippen LogP contribution in [0.4, 0.5) is 0 Å². The summed E-state index contributed by atoms with van der Waals surface area (Å²) >= 11 is 0. The van der Waals surface area contributed by atoms with Crippen molar-refractivity contribution in [1.82, 2.24) is 0 Å². The minimum atomic E-state index is -1.25. The van der Waals surface area contributed by atoms with E-state index < -0.39 is 41.3 Å². The van der Waals surface area contributed by atoms with Gasteiger partial charge in [0.2, 0.25) is 0 Å². The highest BCUT2D eigenvalue weighted by Crippen LogP contribution is 2.69. The molecule has 0 amide bonds. The van der Waals surface area contributed by atoms with Crippen molar-refractivity contribution in [3.05, 3.63) is 12.2 Å². The SMILES string of the molecule is C[C@@H](CO)C/C=C/[C@@H](C)[C@H]1[C@@H](O)[C@H](O)C2[C@]3(O)C[C@@H](O)C4C[C@@H](O)CC[C@]4(C)C3CC[C@@]21C. The number of aliphatic hydroxyl groups excluding tert-OH is 5. The second-order valence-corrected chi connectivity index (χ2v) is 12.7. The normalized spacial score (nSPS) is 53.9. The Balaban J connectivity index is 1.65. The molecule has 3 unspecified atom stereocenters. The van der Waals surface area contributed by atoms with Gasteiger partial charge in [-0.3, -0.25) is 0 Å². The molecular weight excluding hydrogens is 420 g/mol. The predicted molar refractivity (Wildman–Crippen MR) is 126 cm³/mol. The first-order valence-electron chi connectivity index (χ1n) is 13.1. The van der Waals surface area contributed by atoms with E-state index in [2.05, 4.69) is 32.9 Å². The zero-order chi connectivity index (χ0) is 24.3. The van der Waals surface area contributed by atoms with E-state index in [1.54, 1.807) is 0 Å². The van der Waals surface area contributed by atoms with Crippen LogP contribution in [-0.2, 0) is 0 Å². The van der Waals surface area contributed by atoms with Gasteiger partial charge in [-0.15, -0.1) is 0 Å². The van der Waals surface area contributed by atoms with Gasteiger partial charge < -0.3 is 30.6 Å². The average molecular weight is 467 g/mol. The first-order chi connectivity index (χ1) is 15.4. The fourth-order valence-electron chi connectivity index (χ4n) is 9.16. The van der Waals surface area contributed by atoms with E-state index in [0.717, 1.165) is 25.7 Å². The summed E-state index contributed by atoms with van der Waals surface area (Å²) in [6.45, 7) is 8.47. The predicted octanol–water partition coefficient (Wildman–Crippen LogP) is 2.24. The van der Waals surface area contributed by atoms with Gasteiger partial charge in [0, 0.05) is 18.9 Å². The molecule has 0 aromatic carbocycles. The molecule has 0 saturated heterocycles. The maximum absolute atomic E-state index is 12.3. The van der Waals surface area contributed by atoms with Crippen molar-refractivity contribution >= 4 is 0 Å². The third-order valence-electron chi connectivity index (χ3n) is 10.7. The molecular formula is C27H46O6. The maximum atomic E-state index is 12.3. The van der Waals surface area contributed by atoms with Crippen molar-refractivity contribution < 1.29 is 30.6 Å². The molecule has 4 fully saturated rings. The minimum absolute atomic E-state index is 0.0115. The molecule has 0 heterocycles. The van der Waals surface area contributed by atoms with Gasteiger partial charge >= 0.3 is 0 Å². The standard InChI is InChI=1S/C27H46O6/c1-15(14-28)6-5-7-16(2)21-22(31)23(32)24-26(21,4)11-9-20-25(3)10-8-17(29)12-18(25)19(30)13-27(20,24)33/h5,7,15-24,28-33H,6,8-14H2,1-4H3/b7-5+/t15-,16-,17+,18?,19-,20?,21+,22-,23+,24?,25+,26-,27+/m1/s1. The lowest BCUT2D eigenvalue weighted by atomic mass is 9.42. The van der Waals surface area contributed by atoms with Crippen LogP contribution in [0.15, 0.2) is 12.2 Å². The highest BCUT2D eigenvalue weighted by molar-refractivity contribution is 5.22. The van der Waals surface area contributed by atoms with E-state index in [9.17, 15) is 30.6 Å². The Kier molecular flexibility index (Phi) is 6.87. The summed E-state index contributed by atoms with van der Waals surface area (Å²) < 4.78 is 0. The lowest BCUT2D eigenvalue weighted by Crippen LogP contribution is -2.68. The molecule has 33 heavy (non-hydrogen) atoms. The van der Waals surface area contributed by atoms with Gasteiger partial charge in [-0.1, -0.05) is 39.8 Å².